The molecule has 1 N–H and O–H groups in total. The molecule has 17 heavy (non-hydrogen) atoms. The highest BCUT2D eigenvalue weighted by Gasteiger charge is 2.86. The Morgan fingerprint density at radius 3 is 2.12 bits per heavy atom. The predicted octanol–water partition coefficient (Wildman–Crippen LogP) is 1.61. The van der Waals surface area contributed by atoms with Crippen LogP contribution >= 0.6 is 0 Å². The first kappa shape index (κ1) is 12.0. The maximum absolute atomic E-state index is 12.0. The lowest BCUT2D eigenvalue weighted by molar-refractivity contribution is -0.148. The summed E-state index contributed by atoms with van der Waals surface area (Å²) in [4.78, 5) is 0. The Kier molecular flexibility index (Phi) is 1.73. The van der Waals surface area contributed by atoms with E-state index in [0.717, 1.165) is 6.42 Å². The molecular formula is C13H22O3S. The Hall–Kier alpha value is -0.0900. The van der Waals surface area contributed by atoms with Gasteiger partial charge in [-0.2, -0.15) is 0 Å². The molecule has 98 valence electrons. The van der Waals surface area contributed by atoms with E-state index in [1.807, 2.05) is 6.92 Å². The van der Waals surface area contributed by atoms with Crippen LogP contribution in [0.25, 0.3) is 0 Å². The lowest BCUT2D eigenvalue weighted by Crippen LogP contribution is -2.70. The van der Waals surface area contributed by atoms with Gasteiger partial charge in [-0.25, -0.2) is 8.42 Å². The minimum atomic E-state index is -2.95. The van der Waals surface area contributed by atoms with Crippen LogP contribution in [-0.4, -0.2) is 30.1 Å². The van der Waals surface area contributed by atoms with Crippen LogP contribution in [0, 0.1) is 22.2 Å². The fourth-order valence-corrected chi connectivity index (χ4v) is 8.46. The first-order valence-electron chi connectivity index (χ1n) is 6.39. The lowest BCUT2D eigenvalue weighted by atomic mass is 9.56. The zero-order valence-electron chi connectivity index (χ0n) is 11.2. The van der Waals surface area contributed by atoms with Crippen molar-refractivity contribution in [1.29, 1.82) is 0 Å². The summed E-state index contributed by atoms with van der Waals surface area (Å²) in [7, 11) is -2.95. The average Bonchev–Trinajstić information content (AvgIpc) is 2.42. The van der Waals surface area contributed by atoms with Crippen molar-refractivity contribution in [2.75, 3.05) is 5.75 Å². The van der Waals surface area contributed by atoms with Gasteiger partial charge < -0.3 is 5.11 Å². The van der Waals surface area contributed by atoms with Crippen LogP contribution < -0.4 is 0 Å². The second-order valence-electron chi connectivity index (χ2n) is 7.38. The molecule has 1 saturated heterocycles. The first-order valence-corrected chi connectivity index (χ1v) is 8.11. The number of aliphatic hydroxyl groups is 1. The summed E-state index contributed by atoms with van der Waals surface area (Å²) in [5.74, 6) is 0.450. The zero-order valence-corrected chi connectivity index (χ0v) is 12.1. The SMILES string of the molecule is CC1C2(C)CC3C1(CS3(=O)=O)C(C)(O)C2(C)C. The third-order valence-corrected chi connectivity index (χ3v) is 9.67. The smallest absolute Gasteiger partial charge is 0.154 e. The van der Waals surface area contributed by atoms with Gasteiger partial charge in [0.1, 0.15) is 0 Å². The number of sulfone groups is 1. The molecule has 2 saturated carbocycles. The van der Waals surface area contributed by atoms with Gasteiger partial charge in [-0.1, -0.05) is 27.7 Å². The Labute approximate surface area is 104 Å². The van der Waals surface area contributed by atoms with Crippen molar-refractivity contribution in [2.45, 2.75) is 51.9 Å². The number of hydrogen-bond acceptors (Lipinski definition) is 3. The fraction of sp³-hybridized carbons (Fsp3) is 1.00. The maximum Gasteiger partial charge on any atom is 0.154 e. The van der Waals surface area contributed by atoms with E-state index in [4.69, 9.17) is 0 Å². The molecule has 2 aliphatic carbocycles. The fourth-order valence-electron chi connectivity index (χ4n) is 5.40. The van der Waals surface area contributed by atoms with Gasteiger partial charge in [0, 0.05) is 5.41 Å². The van der Waals surface area contributed by atoms with E-state index in [0.29, 0.717) is 0 Å². The molecule has 5 unspecified atom stereocenters. The summed E-state index contributed by atoms with van der Waals surface area (Å²) in [6.07, 6.45) is 0.722. The molecule has 1 heterocycles. The van der Waals surface area contributed by atoms with Crippen LogP contribution in [0.5, 0.6) is 0 Å². The van der Waals surface area contributed by atoms with Crippen molar-refractivity contribution in [2.24, 2.45) is 22.2 Å². The molecular weight excluding hydrogens is 236 g/mol. The molecule has 1 spiro atoms. The normalized spacial score (nSPS) is 62.0. The largest absolute Gasteiger partial charge is 0.389 e. The van der Waals surface area contributed by atoms with Gasteiger partial charge in [0.25, 0.3) is 0 Å². The first-order chi connectivity index (χ1) is 7.45. The van der Waals surface area contributed by atoms with Crippen LogP contribution in [-0.2, 0) is 9.84 Å². The van der Waals surface area contributed by atoms with Crippen molar-refractivity contribution in [1.82, 2.24) is 0 Å². The van der Waals surface area contributed by atoms with Crippen molar-refractivity contribution < 1.29 is 13.5 Å². The van der Waals surface area contributed by atoms with Gasteiger partial charge in [0.05, 0.1) is 16.6 Å². The van der Waals surface area contributed by atoms with Crippen LogP contribution in [0.2, 0.25) is 0 Å². The Balaban J connectivity index is 2.27. The van der Waals surface area contributed by atoms with E-state index in [1.165, 1.54) is 0 Å². The molecule has 0 aromatic carbocycles. The predicted molar refractivity (Wildman–Crippen MR) is 66.3 cm³/mol. The highest BCUT2D eigenvalue weighted by molar-refractivity contribution is 7.93. The summed E-state index contributed by atoms with van der Waals surface area (Å²) >= 11 is 0. The van der Waals surface area contributed by atoms with E-state index >= 15 is 0 Å². The Bertz CT molecular complexity index is 498. The van der Waals surface area contributed by atoms with Gasteiger partial charge in [-0.05, 0) is 30.1 Å². The molecule has 3 nitrogen and oxygen atoms in total. The van der Waals surface area contributed by atoms with E-state index in [1.54, 1.807) is 0 Å². The average molecular weight is 258 g/mol. The molecule has 3 aliphatic rings. The van der Waals surface area contributed by atoms with Gasteiger partial charge in [-0.3, -0.25) is 0 Å². The van der Waals surface area contributed by atoms with E-state index in [9.17, 15) is 13.5 Å². The number of rotatable bonds is 0. The van der Waals surface area contributed by atoms with Crippen molar-refractivity contribution in [3.8, 4) is 0 Å². The van der Waals surface area contributed by atoms with Crippen LogP contribution in [0.1, 0.15) is 41.0 Å². The van der Waals surface area contributed by atoms with Gasteiger partial charge >= 0.3 is 0 Å². The molecule has 0 amide bonds. The molecule has 5 atom stereocenters. The van der Waals surface area contributed by atoms with Gasteiger partial charge in [0.2, 0.25) is 0 Å². The van der Waals surface area contributed by atoms with Gasteiger partial charge in [0.15, 0.2) is 9.84 Å². The van der Waals surface area contributed by atoms with Crippen LogP contribution in [0.3, 0.4) is 0 Å². The lowest BCUT2D eigenvalue weighted by Gasteiger charge is -2.59. The van der Waals surface area contributed by atoms with Crippen molar-refractivity contribution >= 4 is 9.84 Å². The van der Waals surface area contributed by atoms with Crippen LogP contribution in [0.15, 0.2) is 0 Å². The quantitative estimate of drug-likeness (QED) is 0.718. The molecule has 2 bridgehead atoms. The summed E-state index contributed by atoms with van der Waals surface area (Å²) < 4.78 is 23.9. The molecule has 1 aliphatic heterocycles. The topological polar surface area (TPSA) is 54.4 Å². The zero-order chi connectivity index (χ0) is 13.1. The number of fused-ring (bicyclic) bond motifs is 1. The van der Waals surface area contributed by atoms with Crippen molar-refractivity contribution in [3.63, 3.8) is 0 Å². The standard InChI is InChI=1S/C13H22O3S/c1-8-11(4)6-9-13(8,7-17(9,15)16)12(5,14)10(11,2)3/h8-9,14H,6-7H2,1-5H3. The maximum atomic E-state index is 12.0. The molecule has 4 heteroatoms. The summed E-state index contributed by atoms with van der Waals surface area (Å²) in [5, 5.41) is 10.7. The molecule has 0 aromatic rings. The molecule has 0 radical (unpaired) electrons. The monoisotopic (exact) mass is 258 g/mol. The minimum absolute atomic E-state index is 0.0786. The number of hydrogen-bond donors (Lipinski definition) is 1. The molecule has 3 fully saturated rings. The second kappa shape index (κ2) is 2.46. The Morgan fingerprint density at radius 1 is 1.18 bits per heavy atom. The third kappa shape index (κ3) is 0.803. The summed E-state index contributed by atoms with van der Waals surface area (Å²) in [6.45, 7) is 10.3. The molecule has 0 aromatic heterocycles. The highest BCUT2D eigenvalue weighted by Crippen LogP contribution is 2.81. The highest BCUT2D eigenvalue weighted by atomic mass is 32.2. The third-order valence-electron chi connectivity index (χ3n) is 7.34. The second-order valence-corrected chi connectivity index (χ2v) is 9.56. The van der Waals surface area contributed by atoms with E-state index in [2.05, 4.69) is 27.7 Å². The van der Waals surface area contributed by atoms with Gasteiger partial charge in [-0.15, -0.1) is 0 Å². The summed E-state index contributed by atoms with van der Waals surface area (Å²) in [6, 6.07) is 0. The Morgan fingerprint density at radius 2 is 1.71 bits per heavy atom. The van der Waals surface area contributed by atoms with E-state index < -0.39 is 20.9 Å². The summed E-state index contributed by atoms with van der Waals surface area (Å²) in [5.41, 5.74) is -1.59. The minimum Gasteiger partial charge on any atom is -0.389 e. The van der Waals surface area contributed by atoms with Crippen LogP contribution in [0.4, 0.5) is 0 Å². The molecule has 3 rings (SSSR count). The van der Waals surface area contributed by atoms with E-state index in [-0.39, 0.29) is 27.8 Å². The van der Waals surface area contributed by atoms with Crippen molar-refractivity contribution in [3.05, 3.63) is 0 Å².